The summed E-state index contributed by atoms with van der Waals surface area (Å²) in [6.07, 6.45) is 1.86. The highest BCUT2D eigenvalue weighted by atomic mass is 32.1. The van der Waals surface area contributed by atoms with Crippen LogP contribution in [0.3, 0.4) is 0 Å². The van der Waals surface area contributed by atoms with Crippen molar-refractivity contribution in [3.63, 3.8) is 0 Å². The van der Waals surface area contributed by atoms with Gasteiger partial charge in [0.25, 0.3) is 0 Å². The number of aromatic nitrogens is 2. The topological polar surface area (TPSA) is 53.1 Å². The molecule has 2 aromatic heterocycles. The molecule has 0 unspecified atom stereocenters. The van der Waals surface area contributed by atoms with Crippen molar-refractivity contribution in [2.45, 2.75) is 13.8 Å². The van der Waals surface area contributed by atoms with Crippen LogP contribution in [-0.4, -0.2) is 16.2 Å². The van der Waals surface area contributed by atoms with Crippen molar-refractivity contribution >= 4 is 43.8 Å². The molecule has 4 aromatic rings. The van der Waals surface area contributed by atoms with Crippen LogP contribution in [0.4, 0.5) is 5.13 Å². The summed E-state index contributed by atoms with van der Waals surface area (Å²) in [5, 5.41) is 6.37. The molecule has 0 aliphatic heterocycles. The number of H-pyrrole nitrogens is 1. The van der Waals surface area contributed by atoms with Crippen molar-refractivity contribution < 1.29 is 0 Å². The fraction of sp³-hybridized carbons (Fsp3) is 0.111. The molecule has 4 rings (SSSR count). The van der Waals surface area contributed by atoms with E-state index in [1.807, 2.05) is 24.4 Å². The lowest BCUT2D eigenvalue weighted by molar-refractivity contribution is 1.28. The zero-order valence-electron chi connectivity index (χ0n) is 12.9. The first kappa shape index (κ1) is 14.0. The molecular weight excluding hydrogens is 304 g/mol. The number of fused-ring (bicyclic) bond motifs is 2. The summed E-state index contributed by atoms with van der Waals surface area (Å²) < 4.78 is 1.16. The number of hydrogen-bond donors (Lipinski definition) is 2. The van der Waals surface area contributed by atoms with Gasteiger partial charge in [0.05, 0.1) is 16.4 Å². The monoisotopic (exact) mass is 320 g/mol. The first-order chi connectivity index (χ1) is 11.2. The highest BCUT2D eigenvalue weighted by Crippen LogP contribution is 2.25. The largest absolute Gasteiger partial charge is 0.358 e. The normalized spacial score (nSPS) is 11.7. The molecule has 0 atom stereocenters. The molecule has 23 heavy (non-hydrogen) atoms. The lowest BCUT2D eigenvalue weighted by Crippen LogP contribution is -1.90. The number of anilines is 1. The highest BCUT2D eigenvalue weighted by molar-refractivity contribution is 7.22. The summed E-state index contributed by atoms with van der Waals surface area (Å²) in [5.74, 6) is 0. The third-order valence-corrected chi connectivity index (χ3v) is 4.78. The van der Waals surface area contributed by atoms with Gasteiger partial charge in [0.15, 0.2) is 0 Å². The lowest BCUT2D eigenvalue weighted by Gasteiger charge is -1.96. The Morgan fingerprint density at radius 2 is 2.04 bits per heavy atom. The van der Waals surface area contributed by atoms with Crippen LogP contribution in [0.2, 0.25) is 0 Å². The Balaban J connectivity index is 1.63. The summed E-state index contributed by atoms with van der Waals surface area (Å²) >= 11 is 1.60. The summed E-state index contributed by atoms with van der Waals surface area (Å²) in [6, 6.07) is 14.5. The minimum absolute atomic E-state index is 0.802. The number of rotatable bonds is 3. The third-order valence-electron chi connectivity index (χ3n) is 3.84. The summed E-state index contributed by atoms with van der Waals surface area (Å²) in [4.78, 5) is 7.91. The molecule has 0 aliphatic carbocycles. The van der Waals surface area contributed by atoms with Crippen LogP contribution in [0.15, 0.2) is 47.6 Å². The molecule has 0 aliphatic rings. The van der Waals surface area contributed by atoms with Crippen LogP contribution in [0.5, 0.6) is 0 Å². The molecular formula is C18H16N4S. The van der Waals surface area contributed by atoms with E-state index in [-0.39, 0.29) is 0 Å². The van der Waals surface area contributed by atoms with Gasteiger partial charge in [0.2, 0.25) is 5.13 Å². The Bertz CT molecular complexity index is 993. The lowest BCUT2D eigenvalue weighted by atomic mass is 10.1. The van der Waals surface area contributed by atoms with Crippen molar-refractivity contribution in [1.82, 2.24) is 9.97 Å². The van der Waals surface area contributed by atoms with Gasteiger partial charge in [-0.15, -0.1) is 0 Å². The van der Waals surface area contributed by atoms with Crippen LogP contribution in [-0.2, 0) is 0 Å². The number of nitrogens with zero attached hydrogens (tertiary/aromatic N) is 2. The second-order valence-electron chi connectivity index (χ2n) is 5.57. The first-order valence-corrected chi connectivity index (χ1v) is 8.26. The number of hydrazone groups is 1. The van der Waals surface area contributed by atoms with Crippen LogP contribution >= 0.6 is 11.3 Å². The minimum Gasteiger partial charge on any atom is -0.358 e. The minimum atomic E-state index is 0.802. The zero-order chi connectivity index (χ0) is 15.8. The fourth-order valence-electron chi connectivity index (χ4n) is 2.70. The molecule has 5 heteroatoms. The second-order valence-corrected chi connectivity index (χ2v) is 6.60. The van der Waals surface area contributed by atoms with E-state index in [9.17, 15) is 0 Å². The summed E-state index contributed by atoms with van der Waals surface area (Å²) in [6.45, 7) is 4.16. The van der Waals surface area contributed by atoms with Crippen LogP contribution in [0.1, 0.15) is 16.8 Å². The van der Waals surface area contributed by atoms with Gasteiger partial charge in [0.1, 0.15) is 0 Å². The number of hydrogen-bond acceptors (Lipinski definition) is 4. The van der Waals surface area contributed by atoms with Crippen molar-refractivity contribution in [2.75, 3.05) is 5.43 Å². The van der Waals surface area contributed by atoms with Crippen molar-refractivity contribution in [2.24, 2.45) is 5.10 Å². The van der Waals surface area contributed by atoms with Gasteiger partial charge in [-0.25, -0.2) is 4.98 Å². The Morgan fingerprint density at radius 3 is 2.91 bits per heavy atom. The molecule has 0 spiro atoms. The standard InChI is InChI=1S/C18H16N4S/c1-11-7-8-15-13(9-11)14(12(2)20-15)10-19-22-18-21-16-5-3-4-6-17(16)23-18/h3-10,20H,1-2H3,(H,21,22)/b19-10-. The van der Waals surface area contributed by atoms with Gasteiger partial charge < -0.3 is 4.98 Å². The third kappa shape index (κ3) is 2.59. The van der Waals surface area contributed by atoms with Gasteiger partial charge in [-0.1, -0.05) is 35.1 Å². The molecule has 0 saturated carbocycles. The Hall–Kier alpha value is -2.66. The van der Waals surface area contributed by atoms with E-state index in [1.165, 1.54) is 10.9 Å². The molecule has 0 fully saturated rings. The van der Waals surface area contributed by atoms with Gasteiger partial charge in [-0.3, -0.25) is 5.43 Å². The predicted octanol–water partition coefficient (Wildman–Crippen LogP) is 4.84. The molecule has 0 saturated heterocycles. The van der Waals surface area contributed by atoms with Crippen LogP contribution in [0.25, 0.3) is 21.1 Å². The average molecular weight is 320 g/mol. The number of para-hydroxylation sites is 1. The Morgan fingerprint density at radius 1 is 1.17 bits per heavy atom. The smallest absolute Gasteiger partial charge is 0.204 e. The maximum atomic E-state index is 4.52. The van der Waals surface area contributed by atoms with Crippen LogP contribution < -0.4 is 5.43 Å². The van der Waals surface area contributed by atoms with E-state index in [4.69, 9.17) is 0 Å². The van der Waals surface area contributed by atoms with E-state index in [1.54, 1.807) is 11.3 Å². The van der Waals surface area contributed by atoms with Gasteiger partial charge >= 0.3 is 0 Å². The first-order valence-electron chi connectivity index (χ1n) is 7.44. The number of nitrogens with one attached hydrogen (secondary N) is 2. The van der Waals surface area contributed by atoms with Gasteiger partial charge in [-0.2, -0.15) is 5.10 Å². The maximum Gasteiger partial charge on any atom is 0.204 e. The number of thiazole rings is 1. The molecule has 4 nitrogen and oxygen atoms in total. The quantitative estimate of drug-likeness (QED) is 0.419. The predicted molar refractivity (Wildman–Crippen MR) is 98.6 cm³/mol. The molecule has 2 N–H and O–H groups in total. The Kier molecular flexibility index (Phi) is 3.35. The SMILES string of the molecule is Cc1ccc2[nH]c(C)c(/C=N\Nc3nc4ccccc4s3)c2c1. The maximum absolute atomic E-state index is 4.52. The molecule has 0 amide bonds. The number of benzene rings is 2. The van der Waals surface area contributed by atoms with Crippen molar-refractivity contribution in [3.05, 3.63) is 59.3 Å². The average Bonchev–Trinajstić information content (AvgIpc) is 3.08. The molecule has 114 valence electrons. The molecule has 0 radical (unpaired) electrons. The molecule has 2 heterocycles. The number of aryl methyl sites for hydroxylation is 2. The van der Waals surface area contributed by atoms with E-state index in [2.05, 4.69) is 58.6 Å². The zero-order valence-corrected chi connectivity index (χ0v) is 13.7. The molecule has 0 bridgehead atoms. The highest BCUT2D eigenvalue weighted by Gasteiger charge is 2.06. The van der Waals surface area contributed by atoms with Gasteiger partial charge in [0, 0.05) is 22.2 Å². The number of aromatic amines is 1. The van der Waals surface area contributed by atoms with E-state index < -0.39 is 0 Å². The van der Waals surface area contributed by atoms with Gasteiger partial charge in [-0.05, 0) is 38.1 Å². The Labute approximate surface area is 137 Å². The van der Waals surface area contributed by atoms with Crippen molar-refractivity contribution in [3.8, 4) is 0 Å². The second kappa shape index (κ2) is 5.52. The summed E-state index contributed by atoms with van der Waals surface area (Å²) in [5.41, 5.74) is 8.63. The van der Waals surface area contributed by atoms with E-state index >= 15 is 0 Å². The van der Waals surface area contributed by atoms with Crippen LogP contribution in [0, 0.1) is 13.8 Å². The van der Waals surface area contributed by atoms with E-state index in [0.29, 0.717) is 0 Å². The molecule has 2 aromatic carbocycles. The van der Waals surface area contributed by atoms with E-state index in [0.717, 1.165) is 32.1 Å². The fourth-order valence-corrected chi connectivity index (χ4v) is 3.52. The summed E-state index contributed by atoms with van der Waals surface area (Å²) in [7, 11) is 0. The van der Waals surface area contributed by atoms with Crippen molar-refractivity contribution in [1.29, 1.82) is 0 Å².